The molecule has 0 heterocycles. The molecule has 0 saturated heterocycles. The summed E-state index contributed by atoms with van der Waals surface area (Å²) < 4.78 is 0. The van der Waals surface area contributed by atoms with Crippen molar-refractivity contribution in [1.82, 2.24) is 15.5 Å². The van der Waals surface area contributed by atoms with Gasteiger partial charge in [-0.1, -0.05) is 12.2 Å². The molecular weight excluding hydrogens is 244 g/mol. The van der Waals surface area contributed by atoms with Gasteiger partial charge in [-0.25, -0.2) is 0 Å². The minimum atomic E-state index is -0.899. The fourth-order valence-electron chi connectivity index (χ4n) is 0.959. The molecule has 0 aromatic rings. The first kappa shape index (κ1) is 15.3. The zero-order chi connectivity index (χ0) is 13.6. The van der Waals surface area contributed by atoms with Crippen molar-refractivity contribution in [2.24, 2.45) is 5.73 Å². The van der Waals surface area contributed by atoms with Crippen molar-refractivity contribution in [2.75, 3.05) is 20.6 Å². The van der Waals surface area contributed by atoms with E-state index in [1.165, 1.54) is 11.8 Å². The molecule has 0 aromatic carbocycles. The smallest absolute Gasteiger partial charge is 0.309 e. The minimum Gasteiger partial charge on any atom is -0.392 e. The van der Waals surface area contributed by atoms with Crippen LogP contribution in [0.2, 0.25) is 0 Å². The Morgan fingerprint density at radius 3 is 2.24 bits per heavy atom. The lowest BCUT2D eigenvalue weighted by atomic mass is 10.3. The second-order valence-corrected chi connectivity index (χ2v) is 4.10. The Kier molecular flexibility index (Phi) is 6.11. The van der Waals surface area contributed by atoms with Gasteiger partial charge in [-0.3, -0.25) is 14.4 Å². The number of nitrogens with one attached hydrogen (secondary N) is 2. The first-order chi connectivity index (χ1) is 7.75. The van der Waals surface area contributed by atoms with Crippen LogP contribution < -0.4 is 16.4 Å². The number of carbonyl (C=O) groups excluding carboxylic acids is 3. The number of carbonyl (C=O) groups is 3. The molecule has 96 valence electrons. The molecule has 0 spiro atoms. The van der Waals surface area contributed by atoms with Crippen molar-refractivity contribution < 1.29 is 14.4 Å². The Morgan fingerprint density at radius 2 is 1.82 bits per heavy atom. The molecule has 4 N–H and O–H groups in total. The normalized spacial score (nSPS) is 11.2. The number of amides is 3. The maximum absolute atomic E-state index is 11.4. The highest BCUT2D eigenvalue weighted by atomic mass is 32.1. The van der Waals surface area contributed by atoms with E-state index < -0.39 is 17.9 Å². The van der Waals surface area contributed by atoms with Crippen LogP contribution in [0.3, 0.4) is 0 Å². The first-order valence-corrected chi connectivity index (χ1v) is 5.24. The summed E-state index contributed by atoms with van der Waals surface area (Å²) >= 11 is 4.53. The summed E-state index contributed by atoms with van der Waals surface area (Å²) in [6.07, 6.45) is 0. The van der Waals surface area contributed by atoms with E-state index in [9.17, 15) is 14.4 Å². The van der Waals surface area contributed by atoms with E-state index in [0.717, 1.165) is 0 Å². The topological polar surface area (TPSA) is 105 Å². The van der Waals surface area contributed by atoms with Crippen LogP contribution in [0.1, 0.15) is 6.92 Å². The maximum Gasteiger partial charge on any atom is 0.309 e. The van der Waals surface area contributed by atoms with Crippen LogP contribution in [-0.4, -0.2) is 54.3 Å². The Labute approximate surface area is 105 Å². The molecule has 1 atom stereocenters. The SMILES string of the molecule is CC(NC(=O)C(=O)NCC(N)=S)C(=O)N(C)C. The summed E-state index contributed by atoms with van der Waals surface area (Å²) in [6.45, 7) is 1.43. The molecule has 0 aliphatic carbocycles. The number of nitrogens with two attached hydrogens (primary N) is 1. The van der Waals surface area contributed by atoms with Gasteiger partial charge in [-0.15, -0.1) is 0 Å². The molecule has 0 saturated carbocycles. The third-order valence-corrected chi connectivity index (χ3v) is 1.93. The molecule has 3 amide bonds. The van der Waals surface area contributed by atoms with Gasteiger partial charge in [0.05, 0.1) is 11.5 Å². The fraction of sp³-hybridized carbons (Fsp3) is 0.556. The summed E-state index contributed by atoms with van der Waals surface area (Å²) in [5, 5.41) is 4.47. The first-order valence-electron chi connectivity index (χ1n) is 4.84. The van der Waals surface area contributed by atoms with Crippen LogP contribution in [0.4, 0.5) is 0 Å². The molecule has 0 fully saturated rings. The van der Waals surface area contributed by atoms with E-state index in [1.807, 2.05) is 0 Å². The van der Waals surface area contributed by atoms with Crippen molar-refractivity contribution in [3.63, 3.8) is 0 Å². The standard InChI is InChI=1S/C9H16N4O3S/c1-5(9(16)13(2)3)12-8(15)7(14)11-4-6(10)17/h5H,4H2,1-3H3,(H2,10,17)(H,11,14)(H,12,15). The highest BCUT2D eigenvalue weighted by Crippen LogP contribution is 1.88. The number of rotatable bonds is 4. The molecule has 17 heavy (non-hydrogen) atoms. The summed E-state index contributed by atoms with van der Waals surface area (Å²) in [4.78, 5) is 35.3. The van der Waals surface area contributed by atoms with Crippen LogP contribution in [0.5, 0.6) is 0 Å². The predicted octanol–water partition coefficient (Wildman–Crippen LogP) is -2.02. The second-order valence-electron chi connectivity index (χ2n) is 3.58. The highest BCUT2D eigenvalue weighted by molar-refractivity contribution is 7.80. The van der Waals surface area contributed by atoms with Gasteiger partial charge in [0, 0.05) is 14.1 Å². The monoisotopic (exact) mass is 260 g/mol. The lowest BCUT2D eigenvalue weighted by Gasteiger charge is -2.17. The number of nitrogens with zero attached hydrogens (tertiary/aromatic N) is 1. The Bertz CT molecular complexity index is 343. The average molecular weight is 260 g/mol. The Hall–Kier alpha value is -1.70. The summed E-state index contributed by atoms with van der Waals surface area (Å²) in [5.41, 5.74) is 5.15. The van der Waals surface area contributed by atoms with Gasteiger partial charge in [-0.2, -0.15) is 0 Å². The van der Waals surface area contributed by atoms with E-state index in [-0.39, 0.29) is 17.4 Å². The average Bonchev–Trinajstić information content (AvgIpc) is 2.24. The van der Waals surface area contributed by atoms with Gasteiger partial charge in [0.25, 0.3) is 0 Å². The molecule has 7 nitrogen and oxygen atoms in total. The molecule has 0 rings (SSSR count). The zero-order valence-electron chi connectivity index (χ0n) is 9.94. The molecule has 0 bridgehead atoms. The number of hydrogen-bond donors (Lipinski definition) is 3. The largest absolute Gasteiger partial charge is 0.392 e. The van der Waals surface area contributed by atoms with E-state index in [4.69, 9.17) is 5.73 Å². The van der Waals surface area contributed by atoms with Crippen LogP contribution in [0, 0.1) is 0 Å². The number of likely N-dealkylation sites (N-methyl/N-ethyl adjacent to an activating group) is 1. The van der Waals surface area contributed by atoms with Crippen LogP contribution in [0.15, 0.2) is 0 Å². The second kappa shape index (κ2) is 6.79. The van der Waals surface area contributed by atoms with Crippen LogP contribution in [-0.2, 0) is 14.4 Å². The summed E-state index contributed by atoms with van der Waals surface area (Å²) in [6, 6.07) is -0.770. The third kappa shape index (κ3) is 5.81. The molecule has 1 unspecified atom stereocenters. The van der Waals surface area contributed by atoms with Crippen LogP contribution in [0.25, 0.3) is 0 Å². The zero-order valence-corrected chi connectivity index (χ0v) is 10.8. The van der Waals surface area contributed by atoms with Crippen molar-refractivity contribution >= 4 is 34.9 Å². The van der Waals surface area contributed by atoms with Gasteiger partial charge in [0.15, 0.2) is 0 Å². The summed E-state index contributed by atoms with van der Waals surface area (Å²) in [7, 11) is 3.11. The maximum atomic E-state index is 11.4. The number of thiocarbonyl (C=S) groups is 1. The van der Waals surface area contributed by atoms with Crippen molar-refractivity contribution in [3.8, 4) is 0 Å². The minimum absolute atomic E-state index is 0.0579. The van der Waals surface area contributed by atoms with Gasteiger partial charge < -0.3 is 21.3 Å². The molecule has 0 aromatic heterocycles. The molecule has 0 aliphatic rings. The molecule has 8 heteroatoms. The van der Waals surface area contributed by atoms with Crippen molar-refractivity contribution in [1.29, 1.82) is 0 Å². The quantitative estimate of drug-likeness (QED) is 0.400. The predicted molar refractivity (Wildman–Crippen MR) is 66.1 cm³/mol. The molecule has 0 radical (unpaired) electrons. The number of hydrogen-bond acceptors (Lipinski definition) is 4. The van der Waals surface area contributed by atoms with Gasteiger partial charge >= 0.3 is 11.8 Å². The van der Waals surface area contributed by atoms with Gasteiger partial charge in [0.1, 0.15) is 6.04 Å². The third-order valence-electron chi connectivity index (χ3n) is 1.79. The van der Waals surface area contributed by atoms with E-state index in [2.05, 4.69) is 22.9 Å². The van der Waals surface area contributed by atoms with Crippen molar-refractivity contribution in [2.45, 2.75) is 13.0 Å². The van der Waals surface area contributed by atoms with Gasteiger partial charge in [0.2, 0.25) is 5.91 Å². The Morgan fingerprint density at radius 1 is 1.29 bits per heavy atom. The lowest BCUT2D eigenvalue weighted by Crippen LogP contribution is -2.50. The van der Waals surface area contributed by atoms with E-state index >= 15 is 0 Å². The Balaban J connectivity index is 4.21. The molecular formula is C9H16N4O3S. The molecule has 0 aliphatic heterocycles. The van der Waals surface area contributed by atoms with Crippen molar-refractivity contribution in [3.05, 3.63) is 0 Å². The van der Waals surface area contributed by atoms with E-state index in [0.29, 0.717) is 0 Å². The highest BCUT2D eigenvalue weighted by Gasteiger charge is 2.21. The van der Waals surface area contributed by atoms with Gasteiger partial charge in [-0.05, 0) is 6.92 Å². The van der Waals surface area contributed by atoms with E-state index in [1.54, 1.807) is 14.1 Å². The summed E-state index contributed by atoms with van der Waals surface area (Å²) in [5.74, 6) is -2.08. The van der Waals surface area contributed by atoms with Crippen LogP contribution >= 0.6 is 12.2 Å². The fourth-order valence-corrected chi connectivity index (χ4v) is 1.03. The lowest BCUT2D eigenvalue weighted by molar-refractivity contribution is -0.141.